The number of aromatic hydroxyl groups is 1. The monoisotopic (exact) mass is 313 g/mol. The van der Waals surface area contributed by atoms with Crippen molar-refractivity contribution >= 4 is 5.91 Å². The zero-order valence-electron chi connectivity index (χ0n) is 13.9. The number of carbonyl (C=O) groups excluding carboxylic acids is 1. The van der Waals surface area contributed by atoms with Gasteiger partial charge in [0.1, 0.15) is 5.75 Å². The highest BCUT2D eigenvalue weighted by molar-refractivity contribution is 5.96. The lowest BCUT2D eigenvalue weighted by Gasteiger charge is -2.14. The standard InChI is InChI=1S/C18H23N3O2/c1-4-10-21-12(3)17(11(2)20-21)18(23)19-15-9-8-14-13(15)6-5-7-16(14)22/h5-7,15,22H,4,8-10H2,1-3H3,(H,19,23). The lowest BCUT2D eigenvalue weighted by atomic mass is 10.1. The van der Waals surface area contributed by atoms with Gasteiger partial charge in [0.2, 0.25) is 0 Å². The number of aryl methyl sites for hydroxylation is 2. The summed E-state index contributed by atoms with van der Waals surface area (Å²) >= 11 is 0. The minimum atomic E-state index is -0.0801. The Bertz CT molecular complexity index is 749. The molecule has 1 aliphatic carbocycles. The van der Waals surface area contributed by atoms with Crippen molar-refractivity contribution in [1.29, 1.82) is 0 Å². The van der Waals surface area contributed by atoms with Gasteiger partial charge >= 0.3 is 0 Å². The van der Waals surface area contributed by atoms with Gasteiger partial charge in [-0.2, -0.15) is 5.10 Å². The number of hydrogen-bond acceptors (Lipinski definition) is 3. The first-order valence-corrected chi connectivity index (χ1v) is 8.18. The molecule has 5 nitrogen and oxygen atoms in total. The minimum Gasteiger partial charge on any atom is -0.508 e. The largest absolute Gasteiger partial charge is 0.508 e. The molecule has 0 aliphatic heterocycles. The van der Waals surface area contributed by atoms with E-state index in [4.69, 9.17) is 0 Å². The summed E-state index contributed by atoms with van der Waals surface area (Å²) < 4.78 is 1.90. The summed E-state index contributed by atoms with van der Waals surface area (Å²) in [4.78, 5) is 12.7. The number of carbonyl (C=O) groups is 1. The third kappa shape index (κ3) is 2.71. The van der Waals surface area contributed by atoms with Crippen LogP contribution >= 0.6 is 0 Å². The normalized spacial score (nSPS) is 16.4. The molecule has 1 aromatic carbocycles. The predicted molar refractivity (Wildman–Crippen MR) is 88.6 cm³/mol. The van der Waals surface area contributed by atoms with E-state index in [-0.39, 0.29) is 11.9 Å². The van der Waals surface area contributed by atoms with Gasteiger partial charge in [-0.1, -0.05) is 19.1 Å². The average Bonchev–Trinajstić information content (AvgIpc) is 3.03. The molecule has 0 spiro atoms. The maximum Gasteiger partial charge on any atom is 0.255 e. The Morgan fingerprint density at radius 2 is 2.22 bits per heavy atom. The first-order chi connectivity index (χ1) is 11.0. The summed E-state index contributed by atoms with van der Waals surface area (Å²) in [5.74, 6) is 0.242. The van der Waals surface area contributed by atoms with Crippen LogP contribution in [0.4, 0.5) is 0 Å². The zero-order valence-corrected chi connectivity index (χ0v) is 13.9. The first-order valence-electron chi connectivity index (χ1n) is 8.18. The van der Waals surface area contributed by atoms with E-state index < -0.39 is 0 Å². The number of amides is 1. The van der Waals surface area contributed by atoms with E-state index in [1.807, 2.05) is 30.7 Å². The van der Waals surface area contributed by atoms with Gasteiger partial charge in [0.15, 0.2) is 0 Å². The Morgan fingerprint density at radius 3 is 2.96 bits per heavy atom. The summed E-state index contributed by atoms with van der Waals surface area (Å²) in [6.45, 7) is 6.74. The van der Waals surface area contributed by atoms with Gasteiger partial charge in [-0.05, 0) is 50.3 Å². The van der Waals surface area contributed by atoms with Crippen molar-refractivity contribution in [3.05, 3.63) is 46.3 Å². The van der Waals surface area contributed by atoms with Crippen LogP contribution in [0.3, 0.4) is 0 Å². The highest BCUT2D eigenvalue weighted by Crippen LogP contribution is 2.36. The molecule has 122 valence electrons. The van der Waals surface area contributed by atoms with Gasteiger partial charge in [0.25, 0.3) is 5.91 Å². The molecule has 1 aliphatic rings. The number of fused-ring (bicyclic) bond motifs is 1. The molecule has 0 saturated carbocycles. The lowest BCUT2D eigenvalue weighted by Crippen LogP contribution is -2.28. The van der Waals surface area contributed by atoms with Crippen LogP contribution in [0.15, 0.2) is 18.2 Å². The third-order valence-corrected chi connectivity index (χ3v) is 4.60. The molecule has 1 aromatic heterocycles. The van der Waals surface area contributed by atoms with Crippen LogP contribution in [0, 0.1) is 13.8 Å². The molecule has 0 radical (unpaired) electrons. The Kier molecular flexibility index (Phi) is 4.11. The first kappa shape index (κ1) is 15.6. The van der Waals surface area contributed by atoms with Crippen molar-refractivity contribution in [3.8, 4) is 5.75 Å². The van der Waals surface area contributed by atoms with E-state index in [1.54, 1.807) is 6.07 Å². The fraction of sp³-hybridized carbons (Fsp3) is 0.444. The zero-order chi connectivity index (χ0) is 16.6. The van der Waals surface area contributed by atoms with E-state index in [0.717, 1.165) is 48.3 Å². The van der Waals surface area contributed by atoms with Crippen molar-refractivity contribution < 1.29 is 9.90 Å². The summed E-state index contributed by atoms with van der Waals surface area (Å²) in [6, 6.07) is 5.46. The molecule has 3 rings (SSSR count). The second-order valence-corrected chi connectivity index (χ2v) is 6.18. The third-order valence-electron chi connectivity index (χ3n) is 4.60. The van der Waals surface area contributed by atoms with Crippen molar-refractivity contribution in [2.45, 2.75) is 52.6 Å². The molecular formula is C18H23N3O2. The van der Waals surface area contributed by atoms with Gasteiger partial charge in [-0.25, -0.2) is 0 Å². The molecule has 1 amide bonds. The Morgan fingerprint density at radius 1 is 1.43 bits per heavy atom. The molecule has 23 heavy (non-hydrogen) atoms. The number of phenols is 1. The Balaban J connectivity index is 1.83. The van der Waals surface area contributed by atoms with Gasteiger partial charge in [0.05, 0.1) is 17.3 Å². The van der Waals surface area contributed by atoms with E-state index in [1.165, 1.54) is 0 Å². The molecule has 1 atom stereocenters. The quantitative estimate of drug-likeness (QED) is 0.911. The highest BCUT2D eigenvalue weighted by atomic mass is 16.3. The summed E-state index contributed by atoms with van der Waals surface area (Å²) in [6.07, 6.45) is 2.60. The Hall–Kier alpha value is -2.30. The number of rotatable bonds is 4. The van der Waals surface area contributed by atoms with Crippen LogP contribution < -0.4 is 5.32 Å². The molecular weight excluding hydrogens is 290 g/mol. The van der Waals surface area contributed by atoms with E-state index >= 15 is 0 Å². The SMILES string of the molecule is CCCn1nc(C)c(C(=O)NC2CCc3c(O)cccc32)c1C. The van der Waals surface area contributed by atoms with Crippen molar-refractivity contribution in [2.24, 2.45) is 0 Å². The lowest BCUT2D eigenvalue weighted by molar-refractivity contribution is 0.0935. The van der Waals surface area contributed by atoms with Crippen molar-refractivity contribution in [3.63, 3.8) is 0 Å². The summed E-state index contributed by atoms with van der Waals surface area (Å²) in [5.41, 5.74) is 4.33. The van der Waals surface area contributed by atoms with Crippen LogP contribution in [-0.2, 0) is 13.0 Å². The predicted octanol–water partition coefficient (Wildman–Crippen LogP) is 3.03. The van der Waals surface area contributed by atoms with Gasteiger partial charge < -0.3 is 10.4 Å². The number of phenolic OH excluding ortho intramolecular Hbond substituents is 1. The molecule has 1 heterocycles. The summed E-state index contributed by atoms with van der Waals surface area (Å²) in [5, 5.41) is 17.5. The minimum absolute atomic E-state index is 0.0436. The number of benzene rings is 1. The molecule has 2 N–H and O–H groups in total. The molecule has 5 heteroatoms. The van der Waals surface area contributed by atoms with Crippen LogP contribution in [0.25, 0.3) is 0 Å². The number of nitrogens with zero attached hydrogens (tertiary/aromatic N) is 2. The van der Waals surface area contributed by atoms with Crippen LogP contribution in [-0.4, -0.2) is 20.8 Å². The highest BCUT2D eigenvalue weighted by Gasteiger charge is 2.28. The summed E-state index contributed by atoms with van der Waals surface area (Å²) in [7, 11) is 0. The topological polar surface area (TPSA) is 67.2 Å². The van der Waals surface area contributed by atoms with Crippen molar-refractivity contribution in [2.75, 3.05) is 0 Å². The molecule has 0 saturated heterocycles. The molecule has 2 aromatic rings. The average molecular weight is 313 g/mol. The smallest absolute Gasteiger partial charge is 0.255 e. The second kappa shape index (κ2) is 6.07. The molecule has 1 unspecified atom stereocenters. The van der Waals surface area contributed by atoms with Crippen molar-refractivity contribution in [1.82, 2.24) is 15.1 Å². The number of nitrogens with one attached hydrogen (secondary N) is 1. The fourth-order valence-electron chi connectivity index (χ4n) is 3.47. The van der Waals surface area contributed by atoms with Crippen LogP contribution in [0.1, 0.15) is 58.7 Å². The van der Waals surface area contributed by atoms with Gasteiger partial charge in [0, 0.05) is 12.2 Å². The molecule has 0 bridgehead atoms. The van der Waals surface area contributed by atoms with E-state index in [2.05, 4.69) is 17.3 Å². The maximum absolute atomic E-state index is 12.7. The van der Waals surface area contributed by atoms with Gasteiger partial charge in [-0.15, -0.1) is 0 Å². The van der Waals surface area contributed by atoms with Crippen LogP contribution in [0.5, 0.6) is 5.75 Å². The number of aromatic nitrogens is 2. The maximum atomic E-state index is 12.7. The van der Waals surface area contributed by atoms with Crippen LogP contribution in [0.2, 0.25) is 0 Å². The van der Waals surface area contributed by atoms with E-state index in [0.29, 0.717) is 11.3 Å². The van der Waals surface area contributed by atoms with Gasteiger partial charge in [-0.3, -0.25) is 9.48 Å². The molecule has 0 fully saturated rings. The Labute approximate surface area is 136 Å². The second-order valence-electron chi connectivity index (χ2n) is 6.18. The van der Waals surface area contributed by atoms with E-state index in [9.17, 15) is 9.90 Å². The fourth-order valence-corrected chi connectivity index (χ4v) is 3.47. The number of hydrogen-bond donors (Lipinski definition) is 2.